The zero-order valence-electron chi connectivity index (χ0n) is 9.69. The molecule has 3 nitrogen and oxygen atoms in total. The first-order valence-corrected chi connectivity index (χ1v) is 8.04. The fourth-order valence-electron chi connectivity index (χ4n) is 2.20. The molecular weight excluding hydrogens is 302 g/mol. The van der Waals surface area contributed by atoms with Crippen molar-refractivity contribution in [2.75, 3.05) is 0 Å². The SMILES string of the molecule is CC1CCCC1NS(=O)(=O)c1ccc(Br)cc1. The third kappa shape index (κ3) is 3.09. The average molecular weight is 318 g/mol. The van der Waals surface area contributed by atoms with Crippen LogP contribution < -0.4 is 4.72 Å². The van der Waals surface area contributed by atoms with Crippen LogP contribution in [0.2, 0.25) is 0 Å². The molecule has 0 radical (unpaired) electrons. The van der Waals surface area contributed by atoms with Gasteiger partial charge in [-0.1, -0.05) is 29.3 Å². The summed E-state index contributed by atoms with van der Waals surface area (Å²) in [6.45, 7) is 2.10. The number of halogens is 1. The van der Waals surface area contributed by atoms with E-state index in [1.165, 1.54) is 0 Å². The molecule has 1 fully saturated rings. The highest BCUT2D eigenvalue weighted by molar-refractivity contribution is 9.10. The predicted octanol–water partition coefficient (Wildman–Crippen LogP) is 2.92. The van der Waals surface area contributed by atoms with Crippen molar-refractivity contribution in [1.29, 1.82) is 0 Å². The van der Waals surface area contributed by atoms with E-state index in [0.717, 1.165) is 23.7 Å². The minimum Gasteiger partial charge on any atom is -0.208 e. The summed E-state index contributed by atoms with van der Waals surface area (Å²) in [5.41, 5.74) is 0. The van der Waals surface area contributed by atoms with Crippen LogP contribution in [0.4, 0.5) is 0 Å². The van der Waals surface area contributed by atoms with Crippen LogP contribution in [0.3, 0.4) is 0 Å². The molecule has 0 saturated heterocycles. The predicted molar refractivity (Wildman–Crippen MR) is 71.3 cm³/mol. The zero-order chi connectivity index (χ0) is 12.5. The summed E-state index contributed by atoms with van der Waals surface area (Å²) in [7, 11) is -3.36. The second-order valence-electron chi connectivity index (χ2n) is 4.59. The molecule has 94 valence electrons. The van der Waals surface area contributed by atoms with E-state index in [4.69, 9.17) is 0 Å². The van der Waals surface area contributed by atoms with E-state index < -0.39 is 10.0 Å². The van der Waals surface area contributed by atoms with E-state index in [9.17, 15) is 8.42 Å². The van der Waals surface area contributed by atoms with E-state index in [1.807, 2.05) is 0 Å². The Morgan fingerprint density at radius 3 is 2.41 bits per heavy atom. The molecule has 1 aromatic rings. The second kappa shape index (κ2) is 5.08. The summed E-state index contributed by atoms with van der Waals surface area (Å²) in [4.78, 5) is 0.333. The highest BCUT2D eigenvalue weighted by Gasteiger charge is 2.28. The number of benzene rings is 1. The summed E-state index contributed by atoms with van der Waals surface area (Å²) < 4.78 is 27.9. The Morgan fingerprint density at radius 1 is 1.24 bits per heavy atom. The lowest BCUT2D eigenvalue weighted by Gasteiger charge is -2.17. The molecule has 0 spiro atoms. The Hall–Kier alpha value is -0.390. The van der Waals surface area contributed by atoms with E-state index in [0.29, 0.717) is 10.8 Å². The van der Waals surface area contributed by atoms with Crippen molar-refractivity contribution < 1.29 is 8.42 Å². The molecule has 1 saturated carbocycles. The fraction of sp³-hybridized carbons (Fsp3) is 0.500. The topological polar surface area (TPSA) is 46.2 Å². The number of nitrogens with one attached hydrogen (secondary N) is 1. The molecule has 17 heavy (non-hydrogen) atoms. The zero-order valence-corrected chi connectivity index (χ0v) is 12.1. The molecule has 2 atom stereocenters. The van der Waals surface area contributed by atoms with Crippen molar-refractivity contribution in [2.45, 2.75) is 37.1 Å². The fourth-order valence-corrected chi connectivity index (χ4v) is 3.85. The van der Waals surface area contributed by atoms with Gasteiger partial charge in [-0.3, -0.25) is 0 Å². The smallest absolute Gasteiger partial charge is 0.208 e. The van der Waals surface area contributed by atoms with Gasteiger partial charge in [0, 0.05) is 10.5 Å². The minimum absolute atomic E-state index is 0.0867. The van der Waals surface area contributed by atoms with Crippen LogP contribution in [-0.4, -0.2) is 14.5 Å². The average Bonchev–Trinajstić information content (AvgIpc) is 2.64. The molecule has 0 heterocycles. The number of hydrogen-bond donors (Lipinski definition) is 1. The Bertz CT molecular complexity index is 484. The first-order chi connectivity index (χ1) is 7.99. The van der Waals surface area contributed by atoms with E-state index >= 15 is 0 Å². The summed E-state index contributed by atoms with van der Waals surface area (Å²) in [6, 6.07) is 6.81. The van der Waals surface area contributed by atoms with Crippen molar-refractivity contribution in [1.82, 2.24) is 4.72 Å². The maximum atomic E-state index is 12.1. The standard InChI is InChI=1S/C12H16BrNO2S/c1-9-3-2-4-12(9)14-17(15,16)11-7-5-10(13)6-8-11/h5-9,12,14H,2-4H2,1H3. The lowest BCUT2D eigenvalue weighted by Crippen LogP contribution is -2.36. The van der Waals surface area contributed by atoms with Gasteiger partial charge in [-0.15, -0.1) is 0 Å². The van der Waals surface area contributed by atoms with Crippen molar-refractivity contribution in [3.8, 4) is 0 Å². The lowest BCUT2D eigenvalue weighted by molar-refractivity contribution is 0.476. The molecule has 1 N–H and O–H groups in total. The Kier molecular flexibility index (Phi) is 3.90. The van der Waals surface area contributed by atoms with E-state index in [1.54, 1.807) is 24.3 Å². The first kappa shape index (κ1) is 13.1. The van der Waals surface area contributed by atoms with Crippen molar-refractivity contribution in [3.63, 3.8) is 0 Å². The number of sulfonamides is 1. The van der Waals surface area contributed by atoms with Crippen LogP contribution in [-0.2, 0) is 10.0 Å². The maximum Gasteiger partial charge on any atom is 0.240 e. The molecule has 5 heteroatoms. The molecule has 1 aliphatic carbocycles. The van der Waals surface area contributed by atoms with Crippen LogP contribution in [0.1, 0.15) is 26.2 Å². The van der Waals surface area contributed by atoms with Crippen molar-refractivity contribution in [3.05, 3.63) is 28.7 Å². The van der Waals surface area contributed by atoms with E-state index in [-0.39, 0.29) is 6.04 Å². The van der Waals surface area contributed by atoms with Crippen LogP contribution in [0.25, 0.3) is 0 Å². The maximum absolute atomic E-state index is 12.1. The van der Waals surface area contributed by atoms with Crippen molar-refractivity contribution in [2.24, 2.45) is 5.92 Å². The third-order valence-electron chi connectivity index (χ3n) is 3.29. The summed E-state index contributed by atoms with van der Waals surface area (Å²) in [5, 5.41) is 0. The van der Waals surface area contributed by atoms with Gasteiger partial charge in [-0.05, 0) is 43.0 Å². The largest absolute Gasteiger partial charge is 0.240 e. The number of rotatable bonds is 3. The Labute approximate surface area is 111 Å². The van der Waals surface area contributed by atoms with E-state index in [2.05, 4.69) is 27.6 Å². The van der Waals surface area contributed by atoms with Gasteiger partial charge in [0.25, 0.3) is 0 Å². The molecule has 0 bridgehead atoms. The molecular formula is C12H16BrNO2S. The second-order valence-corrected chi connectivity index (χ2v) is 7.22. The normalized spacial score (nSPS) is 25.1. The molecule has 0 aliphatic heterocycles. The highest BCUT2D eigenvalue weighted by atomic mass is 79.9. The quantitative estimate of drug-likeness (QED) is 0.931. The van der Waals surface area contributed by atoms with Gasteiger partial charge in [0.2, 0.25) is 10.0 Å². The Morgan fingerprint density at radius 2 is 1.88 bits per heavy atom. The van der Waals surface area contributed by atoms with Gasteiger partial charge >= 0.3 is 0 Å². The first-order valence-electron chi connectivity index (χ1n) is 5.77. The van der Waals surface area contributed by atoms with Crippen LogP contribution >= 0.6 is 15.9 Å². The molecule has 0 aromatic heterocycles. The summed E-state index contributed by atoms with van der Waals surface area (Å²) in [6.07, 6.45) is 3.15. The molecule has 1 aromatic carbocycles. The van der Waals surface area contributed by atoms with Crippen molar-refractivity contribution >= 4 is 26.0 Å². The van der Waals surface area contributed by atoms with Crippen LogP contribution in [0, 0.1) is 5.92 Å². The lowest BCUT2D eigenvalue weighted by atomic mass is 10.1. The monoisotopic (exact) mass is 317 g/mol. The minimum atomic E-state index is -3.36. The highest BCUT2D eigenvalue weighted by Crippen LogP contribution is 2.26. The van der Waals surface area contributed by atoms with Gasteiger partial charge in [0.1, 0.15) is 0 Å². The molecule has 0 amide bonds. The van der Waals surface area contributed by atoms with Gasteiger partial charge in [-0.2, -0.15) is 0 Å². The summed E-state index contributed by atoms with van der Waals surface area (Å²) >= 11 is 3.29. The summed E-state index contributed by atoms with van der Waals surface area (Å²) in [5.74, 6) is 0.431. The molecule has 2 rings (SSSR count). The number of hydrogen-bond acceptors (Lipinski definition) is 2. The third-order valence-corrected chi connectivity index (χ3v) is 5.33. The molecule has 2 unspecified atom stereocenters. The van der Waals surface area contributed by atoms with Gasteiger partial charge < -0.3 is 0 Å². The van der Waals surface area contributed by atoms with Gasteiger partial charge in [0.15, 0.2) is 0 Å². The van der Waals surface area contributed by atoms with Crippen LogP contribution in [0.5, 0.6) is 0 Å². The van der Waals surface area contributed by atoms with Crippen LogP contribution in [0.15, 0.2) is 33.6 Å². The van der Waals surface area contributed by atoms with Gasteiger partial charge in [0.05, 0.1) is 4.90 Å². The molecule has 1 aliphatic rings. The Balaban J connectivity index is 2.16. The van der Waals surface area contributed by atoms with Gasteiger partial charge in [-0.25, -0.2) is 13.1 Å².